The molecule has 17 heavy (non-hydrogen) atoms. The molecular weight excluding hydrogens is 236 g/mol. The number of hydrogen-bond acceptors (Lipinski definition) is 3. The van der Waals surface area contributed by atoms with E-state index in [0.29, 0.717) is 11.0 Å². The van der Waals surface area contributed by atoms with Gasteiger partial charge in [0.15, 0.2) is 0 Å². The third kappa shape index (κ3) is 1.93. The number of aromatic nitrogens is 4. The second kappa shape index (κ2) is 4.11. The zero-order valence-electron chi connectivity index (χ0n) is 9.65. The molecule has 2 aromatic heterocycles. The average molecular weight is 249 g/mol. The molecule has 0 amide bonds. The van der Waals surface area contributed by atoms with Crippen molar-refractivity contribution in [2.24, 2.45) is 0 Å². The fraction of sp³-hybridized carbons (Fsp3) is 0.417. The Morgan fingerprint density at radius 1 is 1.24 bits per heavy atom. The minimum Gasteiger partial charge on any atom is -0.287 e. The molecule has 0 fully saturated rings. The van der Waals surface area contributed by atoms with Crippen molar-refractivity contribution < 1.29 is 0 Å². The summed E-state index contributed by atoms with van der Waals surface area (Å²) in [6.45, 7) is 1.85. The van der Waals surface area contributed by atoms with Crippen molar-refractivity contribution in [2.75, 3.05) is 0 Å². The Bertz CT molecular complexity index is 541. The van der Waals surface area contributed by atoms with E-state index in [1.165, 1.54) is 24.2 Å². The van der Waals surface area contributed by atoms with Crippen LogP contribution in [0.15, 0.2) is 12.4 Å². The van der Waals surface area contributed by atoms with Gasteiger partial charge in [0.2, 0.25) is 0 Å². The summed E-state index contributed by atoms with van der Waals surface area (Å²) in [6, 6.07) is 1.78. The van der Waals surface area contributed by atoms with Gasteiger partial charge in [-0.3, -0.25) is 4.57 Å². The number of imidazole rings is 1. The van der Waals surface area contributed by atoms with Gasteiger partial charge < -0.3 is 0 Å². The highest BCUT2D eigenvalue weighted by Gasteiger charge is 2.17. The molecule has 0 unspecified atom stereocenters. The molecule has 1 aliphatic carbocycles. The minimum absolute atomic E-state index is 0.478. The van der Waals surface area contributed by atoms with Crippen molar-refractivity contribution in [2.45, 2.75) is 32.6 Å². The van der Waals surface area contributed by atoms with Gasteiger partial charge in [-0.2, -0.15) is 0 Å². The summed E-state index contributed by atoms with van der Waals surface area (Å²) in [5, 5.41) is 0.478. The smallest absolute Gasteiger partial charge is 0.143 e. The van der Waals surface area contributed by atoms with E-state index in [2.05, 4.69) is 15.0 Å². The standard InChI is InChI=1S/C12H13ClN4/c1-8-15-11(13)6-12(16-8)17-7-14-9-4-2-3-5-10(9)17/h6-7H,2-5H2,1H3. The molecule has 88 valence electrons. The summed E-state index contributed by atoms with van der Waals surface area (Å²) in [6.07, 6.45) is 6.42. The highest BCUT2D eigenvalue weighted by molar-refractivity contribution is 6.29. The molecule has 0 atom stereocenters. The molecule has 2 heterocycles. The highest BCUT2D eigenvalue weighted by atomic mass is 35.5. The lowest BCUT2D eigenvalue weighted by Crippen LogP contribution is -2.08. The number of fused-ring (bicyclic) bond motifs is 1. The Morgan fingerprint density at radius 3 is 2.88 bits per heavy atom. The van der Waals surface area contributed by atoms with Crippen molar-refractivity contribution in [3.63, 3.8) is 0 Å². The maximum absolute atomic E-state index is 5.97. The van der Waals surface area contributed by atoms with Crippen LogP contribution >= 0.6 is 11.6 Å². The summed E-state index contributed by atoms with van der Waals surface area (Å²) >= 11 is 5.97. The average Bonchev–Trinajstić information content (AvgIpc) is 2.71. The van der Waals surface area contributed by atoms with Crippen molar-refractivity contribution in [1.82, 2.24) is 19.5 Å². The lowest BCUT2D eigenvalue weighted by atomic mass is 10.0. The lowest BCUT2D eigenvalue weighted by Gasteiger charge is -2.13. The van der Waals surface area contributed by atoms with Crippen LogP contribution in [0, 0.1) is 6.92 Å². The van der Waals surface area contributed by atoms with Crippen LogP contribution in [0.4, 0.5) is 0 Å². The molecule has 0 bridgehead atoms. The molecule has 0 aliphatic heterocycles. The van der Waals surface area contributed by atoms with E-state index in [1.54, 1.807) is 6.07 Å². The van der Waals surface area contributed by atoms with Gasteiger partial charge in [-0.05, 0) is 32.6 Å². The summed E-state index contributed by atoms with van der Waals surface area (Å²) < 4.78 is 2.04. The first-order valence-electron chi connectivity index (χ1n) is 5.81. The molecule has 2 aromatic rings. The summed E-state index contributed by atoms with van der Waals surface area (Å²) in [5.74, 6) is 1.50. The van der Waals surface area contributed by atoms with Crippen LogP contribution in [-0.4, -0.2) is 19.5 Å². The van der Waals surface area contributed by atoms with Crippen LogP contribution in [0.1, 0.15) is 30.1 Å². The van der Waals surface area contributed by atoms with Crippen LogP contribution in [0.5, 0.6) is 0 Å². The molecule has 0 spiro atoms. The van der Waals surface area contributed by atoms with Gasteiger partial charge in [0, 0.05) is 11.8 Å². The quantitative estimate of drug-likeness (QED) is 0.729. The topological polar surface area (TPSA) is 43.6 Å². The Balaban J connectivity index is 2.11. The molecule has 0 N–H and O–H groups in total. The third-order valence-corrected chi connectivity index (χ3v) is 3.26. The predicted octanol–water partition coefficient (Wildman–Crippen LogP) is 2.50. The van der Waals surface area contributed by atoms with Crippen molar-refractivity contribution in [3.05, 3.63) is 34.8 Å². The van der Waals surface area contributed by atoms with Crippen LogP contribution in [0.3, 0.4) is 0 Å². The zero-order chi connectivity index (χ0) is 11.8. The van der Waals surface area contributed by atoms with Gasteiger partial charge in [-0.25, -0.2) is 15.0 Å². The number of hydrogen-bond donors (Lipinski definition) is 0. The van der Waals surface area contributed by atoms with Crippen LogP contribution < -0.4 is 0 Å². The van der Waals surface area contributed by atoms with Crippen molar-refractivity contribution >= 4 is 11.6 Å². The second-order valence-electron chi connectivity index (χ2n) is 4.31. The van der Waals surface area contributed by atoms with Crippen LogP contribution in [0.25, 0.3) is 5.82 Å². The summed E-state index contributed by atoms with van der Waals surface area (Å²) in [4.78, 5) is 12.9. The fourth-order valence-electron chi connectivity index (χ4n) is 2.31. The van der Waals surface area contributed by atoms with E-state index < -0.39 is 0 Å². The van der Waals surface area contributed by atoms with E-state index in [-0.39, 0.29) is 0 Å². The van der Waals surface area contributed by atoms with Gasteiger partial charge in [-0.1, -0.05) is 11.6 Å². The first-order chi connectivity index (χ1) is 8.24. The Hall–Kier alpha value is -1.42. The van der Waals surface area contributed by atoms with Gasteiger partial charge >= 0.3 is 0 Å². The third-order valence-electron chi connectivity index (χ3n) is 3.07. The first-order valence-corrected chi connectivity index (χ1v) is 6.18. The second-order valence-corrected chi connectivity index (χ2v) is 4.70. The number of rotatable bonds is 1. The van der Waals surface area contributed by atoms with E-state index in [0.717, 1.165) is 18.7 Å². The summed E-state index contributed by atoms with van der Waals surface area (Å²) in [7, 11) is 0. The van der Waals surface area contributed by atoms with Gasteiger partial charge in [-0.15, -0.1) is 0 Å². The molecule has 0 radical (unpaired) electrons. The molecule has 4 nitrogen and oxygen atoms in total. The van der Waals surface area contributed by atoms with Crippen molar-refractivity contribution in [3.8, 4) is 5.82 Å². The Kier molecular flexibility index (Phi) is 2.59. The van der Waals surface area contributed by atoms with Gasteiger partial charge in [0.05, 0.1) is 5.69 Å². The largest absolute Gasteiger partial charge is 0.287 e. The van der Waals surface area contributed by atoms with Crippen LogP contribution in [0.2, 0.25) is 5.15 Å². The fourth-order valence-corrected chi connectivity index (χ4v) is 2.53. The predicted molar refractivity (Wildman–Crippen MR) is 65.5 cm³/mol. The van der Waals surface area contributed by atoms with Gasteiger partial charge in [0.1, 0.15) is 23.1 Å². The lowest BCUT2D eigenvalue weighted by molar-refractivity contribution is 0.653. The van der Waals surface area contributed by atoms with E-state index in [9.17, 15) is 0 Å². The first kappa shape index (κ1) is 10.7. The van der Waals surface area contributed by atoms with E-state index in [4.69, 9.17) is 11.6 Å². The van der Waals surface area contributed by atoms with Gasteiger partial charge in [0.25, 0.3) is 0 Å². The molecule has 5 heteroatoms. The summed E-state index contributed by atoms with van der Waals surface area (Å²) in [5.41, 5.74) is 2.47. The van der Waals surface area contributed by atoms with E-state index >= 15 is 0 Å². The molecule has 1 aliphatic rings. The maximum Gasteiger partial charge on any atom is 0.143 e. The molecular formula is C12H13ClN4. The van der Waals surface area contributed by atoms with Crippen molar-refractivity contribution in [1.29, 1.82) is 0 Å². The number of halogens is 1. The monoisotopic (exact) mass is 248 g/mol. The molecule has 3 rings (SSSR count). The Labute approximate surface area is 105 Å². The van der Waals surface area contributed by atoms with Crippen LogP contribution in [-0.2, 0) is 12.8 Å². The molecule has 0 aromatic carbocycles. The maximum atomic E-state index is 5.97. The zero-order valence-corrected chi connectivity index (χ0v) is 10.4. The SMILES string of the molecule is Cc1nc(Cl)cc(-n2cnc3c2CCCC3)n1. The molecule has 0 saturated heterocycles. The number of aryl methyl sites for hydroxylation is 2. The highest BCUT2D eigenvalue weighted by Crippen LogP contribution is 2.23. The van der Waals surface area contributed by atoms with E-state index in [1.807, 2.05) is 17.8 Å². The number of nitrogens with zero attached hydrogens (tertiary/aromatic N) is 4. The normalized spacial score (nSPS) is 14.7. The molecule has 0 saturated carbocycles. The minimum atomic E-state index is 0.478. The Morgan fingerprint density at radius 2 is 2.06 bits per heavy atom.